The first-order valence-corrected chi connectivity index (χ1v) is 5.79. The minimum absolute atomic E-state index is 0.130. The molecule has 1 atom stereocenters. The van der Waals surface area contributed by atoms with Crippen molar-refractivity contribution in [1.29, 1.82) is 0 Å². The average molecular weight is 261 g/mol. The summed E-state index contributed by atoms with van der Waals surface area (Å²) in [7, 11) is 3.30. The molecule has 0 fully saturated rings. The number of hydrogen-bond acceptors (Lipinski definition) is 3. The molecule has 0 saturated heterocycles. The van der Waals surface area contributed by atoms with Crippen LogP contribution in [0, 0.1) is 0 Å². The van der Waals surface area contributed by atoms with Crippen molar-refractivity contribution in [2.24, 2.45) is 0 Å². The molecule has 0 aliphatic carbocycles. The van der Waals surface area contributed by atoms with E-state index in [0.717, 1.165) is 18.6 Å². The van der Waals surface area contributed by atoms with Gasteiger partial charge in [-0.05, 0) is 25.5 Å². The van der Waals surface area contributed by atoms with E-state index in [4.69, 9.17) is 0 Å². The molecule has 0 bridgehead atoms. The number of nitrogens with one attached hydrogen (secondary N) is 1. The number of halogens is 3. The first-order chi connectivity index (χ1) is 8.29. The Balaban J connectivity index is 3.20. The Labute approximate surface area is 105 Å². The third kappa shape index (κ3) is 3.27. The zero-order valence-corrected chi connectivity index (χ0v) is 11.0. The molecule has 0 amide bonds. The third-order valence-corrected chi connectivity index (χ3v) is 3.01. The average Bonchev–Trinajstić information content (AvgIpc) is 2.35. The lowest BCUT2D eigenvalue weighted by atomic mass is 10.2. The van der Waals surface area contributed by atoms with Crippen molar-refractivity contribution in [3.63, 3.8) is 0 Å². The number of hydrogen-bond donors (Lipinski definition) is 1. The van der Waals surface area contributed by atoms with Gasteiger partial charge in [0.05, 0.1) is 5.56 Å². The van der Waals surface area contributed by atoms with Gasteiger partial charge in [0.1, 0.15) is 11.6 Å². The van der Waals surface area contributed by atoms with Crippen LogP contribution < -0.4 is 10.2 Å². The Morgan fingerprint density at radius 2 is 2.00 bits per heavy atom. The normalized spacial score (nSPS) is 13.3. The Morgan fingerprint density at radius 1 is 1.39 bits per heavy atom. The SMILES string of the molecule is CCC(C)N(C)c1cc(C(F)(F)F)cc(NC)n1. The minimum atomic E-state index is -4.36. The quantitative estimate of drug-likeness (QED) is 0.900. The number of nitrogens with zero attached hydrogens (tertiary/aromatic N) is 2. The second kappa shape index (κ2) is 5.46. The number of rotatable bonds is 4. The summed E-state index contributed by atoms with van der Waals surface area (Å²) in [5.41, 5.74) is -0.688. The third-order valence-electron chi connectivity index (χ3n) is 3.01. The zero-order valence-electron chi connectivity index (χ0n) is 11.0. The highest BCUT2D eigenvalue weighted by Gasteiger charge is 2.32. The molecule has 1 aromatic rings. The molecule has 0 radical (unpaired) electrons. The molecule has 0 aromatic carbocycles. The van der Waals surface area contributed by atoms with Crippen molar-refractivity contribution >= 4 is 11.6 Å². The van der Waals surface area contributed by atoms with Gasteiger partial charge in [0.25, 0.3) is 0 Å². The van der Waals surface area contributed by atoms with Gasteiger partial charge in [-0.3, -0.25) is 0 Å². The molecule has 0 saturated carbocycles. The lowest BCUT2D eigenvalue weighted by Gasteiger charge is -2.26. The minimum Gasteiger partial charge on any atom is -0.373 e. The zero-order chi connectivity index (χ0) is 13.9. The van der Waals surface area contributed by atoms with Gasteiger partial charge in [-0.2, -0.15) is 13.2 Å². The Morgan fingerprint density at radius 3 is 2.44 bits per heavy atom. The molecule has 6 heteroatoms. The predicted octanol–water partition coefficient (Wildman–Crippen LogP) is 3.38. The number of anilines is 2. The summed E-state index contributed by atoms with van der Waals surface area (Å²) in [4.78, 5) is 5.90. The maximum absolute atomic E-state index is 12.8. The van der Waals surface area contributed by atoms with Gasteiger partial charge in [0.15, 0.2) is 0 Å². The molecule has 1 unspecified atom stereocenters. The van der Waals surface area contributed by atoms with Crippen LogP contribution in [0.15, 0.2) is 12.1 Å². The summed E-state index contributed by atoms with van der Waals surface area (Å²) in [6.45, 7) is 3.93. The van der Waals surface area contributed by atoms with E-state index in [9.17, 15) is 13.2 Å². The second-order valence-corrected chi connectivity index (χ2v) is 4.22. The fraction of sp³-hybridized carbons (Fsp3) is 0.583. The molecule has 1 N–H and O–H groups in total. The molecule has 3 nitrogen and oxygen atoms in total. The predicted molar refractivity (Wildman–Crippen MR) is 66.9 cm³/mol. The molecule has 0 spiro atoms. The van der Waals surface area contributed by atoms with E-state index < -0.39 is 11.7 Å². The lowest BCUT2D eigenvalue weighted by molar-refractivity contribution is -0.137. The van der Waals surface area contributed by atoms with Crippen molar-refractivity contribution in [3.05, 3.63) is 17.7 Å². The summed E-state index contributed by atoms with van der Waals surface area (Å²) in [5.74, 6) is 0.540. The van der Waals surface area contributed by atoms with Crippen molar-refractivity contribution in [2.75, 3.05) is 24.3 Å². The van der Waals surface area contributed by atoms with Gasteiger partial charge in [0.2, 0.25) is 0 Å². The first kappa shape index (κ1) is 14.6. The molecule has 0 aliphatic rings. The van der Waals surface area contributed by atoms with Gasteiger partial charge in [-0.25, -0.2) is 4.98 Å². The van der Waals surface area contributed by atoms with Crippen LogP contribution in [0.4, 0.5) is 24.8 Å². The smallest absolute Gasteiger partial charge is 0.373 e. The summed E-state index contributed by atoms with van der Waals surface area (Å²) in [6, 6.07) is 2.21. The topological polar surface area (TPSA) is 28.2 Å². The molecular formula is C12H18F3N3. The van der Waals surface area contributed by atoms with E-state index in [0.29, 0.717) is 5.82 Å². The van der Waals surface area contributed by atoms with E-state index in [1.54, 1.807) is 19.0 Å². The molecule has 1 rings (SSSR count). The van der Waals surface area contributed by atoms with Crippen LogP contribution in [0.1, 0.15) is 25.8 Å². The summed E-state index contributed by atoms with van der Waals surface area (Å²) in [5, 5.41) is 2.65. The summed E-state index contributed by atoms with van der Waals surface area (Å²) >= 11 is 0. The molecule has 1 heterocycles. The first-order valence-electron chi connectivity index (χ1n) is 5.79. The summed E-state index contributed by atoms with van der Waals surface area (Å²) in [6.07, 6.45) is -3.52. The van der Waals surface area contributed by atoms with Crippen LogP contribution in [0.3, 0.4) is 0 Å². The molecule has 102 valence electrons. The largest absolute Gasteiger partial charge is 0.416 e. The van der Waals surface area contributed by atoms with Crippen LogP contribution >= 0.6 is 0 Å². The van der Waals surface area contributed by atoms with Crippen molar-refractivity contribution in [2.45, 2.75) is 32.5 Å². The second-order valence-electron chi connectivity index (χ2n) is 4.22. The standard InChI is InChI=1S/C12H18F3N3/c1-5-8(2)18(4)11-7-9(12(13,14)15)6-10(16-3)17-11/h6-8H,5H2,1-4H3,(H,16,17). The number of alkyl halides is 3. The van der Waals surface area contributed by atoms with E-state index in [1.807, 2.05) is 13.8 Å². The molecule has 1 aromatic heterocycles. The van der Waals surface area contributed by atoms with Gasteiger partial charge >= 0.3 is 6.18 Å². The van der Waals surface area contributed by atoms with Crippen molar-refractivity contribution < 1.29 is 13.2 Å². The van der Waals surface area contributed by atoms with Crippen LogP contribution in [-0.4, -0.2) is 25.1 Å². The molecular weight excluding hydrogens is 243 g/mol. The van der Waals surface area contributed by atoms with E-state index in [2.05, 4.69) is 10.3 Å². The van der Waals surface area contributed by atoms with Crippen LogP contribution in [0.25, 0.3) is 0 Å². The monoisotopic (exact) mass is 261 g/mol. The number of aromatic nitrogens is 1. The Bertz CT molecular complexity index is 404. The van der Waals surface area contributed by atoms with Gasteiger partial charge in [0, 0.05) is 20.1 Å². The van der Waals surface area contributed by atoms with Crippen molar-refractivity contribution in [1.82, 2.24) is 4.98 Å². The van der Waals surface area contributed by atoms with E-state index in [1.165, 1.54) is 0 Å². The highest BCUT2D eigenvalue weighted by Crippen LogP contribution is 2.33. The molecule has 0 aliphatic heterocycles. The lowest BCUT2D eigenvalue weighted by Crippen LogP contribution is -2.29. The van der Waals surface area contributed by atoms with Gasteiger partial charge in [-0.15, -0.1) is 0 Å². The van der Waals surface area contributed by atoms with Crippen LogP contribution in [-0.2, 0) is 6.18 Å². The number of pyridine rings is 1. The Kier molecular flexibility index (Phi) is 4.43. The highest BCUT2D eigenvalue weighted by atomic mass is 19.4. The van der Waals surface area contributed by atoms with E-state index >= 15 is 0 Å². The van der Waals surface area contributed by atoms with Gasteiger partial charge in [-0.1, -0.05) is 6.92 Å². The van der Waals surface area contributed by atoms with E-state index in [-0.39, 0.29) is 11.9 Å². The van der Waals surface area contributed by atoms with Crippen molar-refractivity contribution in [3.8, 4) is 0 Å². The highest BCUT2D eigenvalue weighted by molar-refractivity contribution is 5.51. The molecule has 18 heavy (non-hydrogen) atoms. The fourth-order valence-electron chi connectivity index (χ4n) is 1.49. The van der Waals surface area contributed by atoms with Crippen LogP contribution in [0.5, 0.6) is 0 Å². The fourth-order valence-corrected chi connectivity index (χ4v) is 1.49. The summed E-state index contributed by atoms with van der Waals surface area (Å²) < 4.78 is 38.3. The maximum Gasteiger partial charge on any atom is 0.416 e. The van der Waals surface area contributed by atoms with Gasteiger partial charge < -0.3 is 10.2 Å². The maximum atomic E-state index is 12.8. The van der Waals surface area contributed by atoms with Crippen LogP contribution in [0.2, 0.25) is 0 Å². The Hall–Kier alpha value is -1.46.